The number of nitrogens with one attached hydrogen (secondary N) is 2. The second kappa shape index (κ2) is 15.8. The number of rotatable bonds is 4. The highest BCUT2D eigenvalue weighted by atomic mass is 16.3. The van der Waals surface area contributed by atoms with E-state index in [9.17, 15) is 24.3 Å². The molecule has 2 aromatic carbocycles. The van der Waals surface area contributed by atoms with E-state index in [2.05, 4.69) is 20.8 Å². The fourth-order valence-electron chi connectivity index (χ4n) is 7.48. The Kier molecular flexibility index (Phi) is 10.7. The summed E-state index contributed by atoms with van der Waals surface area (Å²) in [5.74, 6) is -1.13. The lowest BCUT2D eigenvalue weighted by molar-refractivity contribution is -0.120. The van der Waals surface area contributed by atoms with Crippen LogP contribution in [-0.4, -0.2) is 81.1 Å². The molecule has 0 radical (unpaired) electrons. The van der Waals surface area contributed by atoms with Crippen molar-refractivity contribution in [2.75, 3.05) is 29.2 Å². The average molecular weight is 763 g/mol. The molecule has 56 heavy (non-hydrogen) atoms. The molecule has 17 nitrogen and oxygen atoms in total. The Balaban J connectivity index is 1.29. The molecule has 0 unspecified atom stereocenters. The van der Waals surface area contributed by atoms with Gasteiger partial charge in [0.05, 0.1) is 33.6 Å². The Morgan fingerprint density at radius 2 is 1.59 bits per heavy atom. The third-order valence-electron chi connectivity index (χ3n) is 10.3. The number of nitrogens with two attached hydrogens (primary N) is 1. The molecular formula is C39H46N12O5. The van der Waals surface area contributed by atoms with E-state index < -0.39 is 18.4 Å². The highest BCUT2D eigenvalue weighted by Gasteiger charge is 2.25. The number of anilines is 3. The zero-order chi connectivity index (χ0) is 39.7. The summed E-state index contributed by atoms with van der Waals surface area (Å²) < 4.78 is 7.27. The van der Waals surface area contributed by atoms with E-state index in [0.29, 0.717) is 102 Å². The predicted molar refractivity (Wildman–Crippen MR) is 211 cm³/mol. The minimum absolute atomic E-state index is 0.303. The molecule has 0 saturated heterocycles. The van der Waals surface area contributed by atoms with Crippen LogP contribution in [-0.2, 0) is 37.4 Å². The van der Waals surface area contributed by atoms with Crippen LogP contribution in [0.5, 0.6) is 0 Å². The van der Waals surface area contributed by atoms with Gasteiger partial charge in [-0.1, -0.05) is 12.5 Å². The molecule has 0 fully saturated rings. The number of para-hydroxylation sites is 1. The van der Waals surface area contributed by atoms with Gasteiger partial charge >= 0.3 is 0 Å². The summed E-state index contributed by atoms with van der Waals surface area (Å²) in [7, 11) is 1.57. The number of aromatic nitrogens is 8. The maximum atomic E-state index is 14.2. The molecule has 0 aliphatic carbocycles. The second-order valence-electron chi connectivity index (χ2n) is 14.0. The molecule has 17 heteroatoms. The third-order valence-corrected chi connectivity index (χ3v) is 10.3. The zero-order valence-corrected chi connectivity index (χ0v) is 32.0. The van der Waals surface area contributed by atoms with Crippen LogP contribution in [0.4, 0.5) is 17.6 Å². The summed E-state index contributed by atoms with van der Waals surface area (Å²) in [5.41, 5.74) is 12.1. The topological polar surface area (TPSA) is 213 Å². The number of nitrogens with zero attached hydrogens (tertiary/aromatic N) is 9. The van der Waals surface area contributed by atoms with E-state index in [-0.39, 0.29) is 11.8 Å². The van der Waals surface area contributed by atoms with Crippen LogP contribution in [0.2, 0.25) is 0 Å². The maximum absolute atomic E-state index is 14.2. The fourth-order valence-corrected chi connectivity index (χ4v) is 7.48. The van der Waals surface area contributed by atoms with Crippen molar-refractivity contribution in [3.63, 3.8) is 0 Å². The van der Waals surface area contributed by atoms with Gasteiger partial charge in [0.1, 0.15) is 23.5 Å². The first-order valence-corrected chi connectivity index (χ1v) is 18.9. The van der Waals surface area contributed by atoms with Crippen LogP contribution in [0.1, 0.15) is 87.3 Å². The predicted octanol–water partition coefficient (Wildman–Crippen LogP) is 4.18. The molecule has 5 N–H and O–H groups in total. The van der Waals surface area contributed by atoms with Crippen LogP contribution in [0.3, 0.4) is 0 Å². The van der Waals surface area contributed by atoms with Gasteiger partial charge in [0.25, 0.3) is 17.7 Å². The summed E-state index contributed by atoms with van der Waals surface area (Å²) in [4.78, 5) is 63.7. The van der Waals surface area contributed by atoms with Gasteiger partial charge in [-0.05, 0) is 89.3 Å². The van der Waals surface area contributed by atoms with E-state index in [0.717, 1.165) is 36.0 Å². The molecule has 6 aromatic rings. The number of hydrogen-bond acceptors (Lipinski definition) is 9. The number of hydrogen-bond donors (Lipinski definition) is 4. The number of carbonyl (C=O) groups excluding carboxylic acids is 4. The van der Waals surface area contributed by atoms with Gasteiger partial charge in [-0.25, -0.2) is 9.97 Å². The molecule has 4 aromatic heterocycles. The summed E-state index contributed by atoms with van der Waals surface area (Å²) in [5, 5.41) is 25.0. The van der Waals surface area contributed by atoms with Crippen LogP contribution in [0.15, 0.2) is 42.5 Å². The lowest BCUT2D eigenvalue weighted by atomic mass is 10.0. The second-order valence-corrected chi connectivity index (χ2v) is 14.0. The number of likely N-dealkylation sites (N-methyl/N-ethyl adjacent to an activating group) is 1. The van der Waals surface area contributed by atoms with Crippen molar-refractivity contribution in [3.8, 4) is 0 Å². The molecule has 0 bridgehead atoms. The number of aliphatic hydroxyl groups is 1. The number of aliphatic hydroxyl groups excluding tert-OH is 1. The van der Waals surface area contributed by atoms with E-state index in [1.54, 1.807) is 52.8 Å². The standard InChI is InChI=1S/C39H46N12O5/c1-5-50-34-26(24(3)46-50)12-7-6-8-19-51-31(20-23(2)45-51)36(55)43-39-42-33-29(47(4)32(53)22-52)13-11-14-30(33)49(39)18-10-9-17-48-28-16-15-25(35(40)54)21-27(28)41-38(48)44-37(34)56/h11,13-16,20-21,52H,5-10,12,17-19,22H2,1-4H3,(H2,40,54)(H,41,44,56)(H,42,43,55). The minimum atomic E-state index is -0.668. The molecule has 292 valence electrons. The van der Waals surface area contributed by atoms with Crippen LogP contribution in [0, 0.1) is 13.8 Å². The fraction of sp³-hybridized carbons (Fsp3) is 0.385. The lowest BCUT2D eigenvalue weighted by Crippen LogP contribution is -2.29. The maximum Gasteiger partial charge on any atom is 0.276 e. The monoisotopic (exact) mass is 762 g/mol. The number of aryl methyl sites for hydroxylation is 6. The van der Waals surface area contributed by atoms with E-state index in [1.807, 2.05) is 36.0 Å². The largest absolute Gasteiger partial charge is 0.387 e. The van der Waals surface area contributed by atoms with Crippen molar-refractivity contribution in [3.05, 3.63) is 76.4 Å². The number of primary amides is 1. The molecule has 1 aliphatic rings. The normalized spacial score (nSPS) is 14.6. The number of fused-ring (bicyclic) bond motifs is 8. The molecule has 4 amide bonds. The Bertz CT molecular complexity index is 2490. The van der Waals surface area contributed by atoms with Crippen LogP contribution >= 0.6 is 0 Å². The van der Waals surface area contributed by atoms with E-state index in [1.165, 1.54) is 4.90 Å². The SMILES string of the molecule is CCn1nc(C)c2c1C(=O)Nc1nc3cc(C(N)=O)ccc3n1CCCCn1c(nc3c(N(C)C(=O)CO)cccc31)NC(=O)c1cc(C)nn1CCCCC2. The van der Waals surface area contributed by atoms with Crippen molar-refractivity contribution in [2.45, 2.75) is 85.5 Å². The Labute approximate surface area is 322 Å². The highest BCUT2D eigenvalue weighted by Crippen LogP contribution is 2.30. The molecule has 0 spiro atoms. The minimum Gasteiger partial charge on any atom is -0.387 e. The van der Waals surface area contributed by atoms with Crippen molar-refractivity contribution < 1.29 is 24.3 Å². The van der Waals surface area contributed by atoms with Crippen molar-refractivity contribution in [1.29, 1.82) is 0 Å². The molecule has 0 saturated carbocycles. The molecule has 7 rings (SSSR count). The van der Waals surface area contributed by atoms with Gasteiger partial charge in [-0.2, -0.15) is 10.2 Å². The first-order chi connectivity index (χ1) is 27.0. The number of imidazole rings is 2. The lowest BCUT2D eigenvalue weighted by Gasteiger charge is -2.16. The molecule has 5 heterocycles. The summed E-state index contributed by atoms with van der Waals surface area (Å²) in [6, 6.07) is 12.2. The van der Waals surface area contributed by atoms with Crippen molar-refractivity contribution >= 4 is 63.3 Å². The van der Waals surface area contributed by atoms with Gasteiger partial charge in [0.15, 0.2) is 0 Å². The van der Waals surface area contributed by atoms with Crippen molar-refractivity contribution in [2.24, 2.45) is 5.73 Å². The van der Waals surface area contributed by atoms with Gasteiger partial charge in [0.2, 0.25) is 17.8 Å². The molecule has 0 atom stereocenters. The third kappa shape index (κ3) is 7.24. The Hall–Kier alpha value is -6.36. The number of benzene rings is 2. The smallest absolute Gasteiger partial charge is 0.276 e. The Morgan fingerprint density at radius 3 is 2.32 bits per heavy atom. The van der Waals surface area contributed by atoms with Gasteiger partial charge in [0, 0.05) is 44.4 Å². The van der Waals surface area contributed by atoms with E-state index >= 15 is 0 Å². The highest BCUT2D eigenvalue weighted by molar-refractivity contribution is 6.06. The first-order valence-electron chi connectivity index (χ1n) is 18.9. The summed E-state index contributed by atoms with van der Waals surface area (Å²) in [6.07, 6.45) is 4.20. The van der Waals surface area contributed by atoms with Crippen molar-refractivity contribution in [1.82, 2.24) is 38.7 Å². The average Bonchev–Trinajstić information content (AvgIpc) is 3.92. The molecule has 1 aliphatic heterocycles. The van der Waals surface area contributed by atoms with E-state index in [4.69, 9.17) is 15.7 Å². The van der Waals surface area contributed by atoms with Crippen LogP contribution in [0.25, 0.3) is 22.1 Å². The Morgan fingerprint density at radius 1 is 0.875 bits per heavy atom. The number of amides is 4. The van der Waals surface area contributed by atoms with Gasteiger partial charge in [-0.3, -0.25) is 39.2 Å². The van der Waals surface area contributed by atoms with Crippen LogP contribution < -0.4 is 21.3 Å². The number of carbonyl (C=O) groups is 4. The first kappa shape index (κ1) is 37.9. The zero-order valence-electron chi connectivity index (χ0n) is 32.0. The molecular weight excluding hydrogens is 717 g/mol. The quantitative estimate of drug-likeness (QED) is 0.203. The summed E-state index contributed by atoms with van der Waals surface area (Å²) in [6.45, 7) is 6.95. The van der Waals surface area contributed by atoms with Gasteiger partial charge in [-0.15, -0.1) is 0 Å². The van der Waals surface area contributed by atoms with Gasteiger partial charge < -0.3 is 24.9 Å². The summed E-state index contributed by atoms with van der Waals surface area (Å²) >= 11 is 0.